The molecule has 0 radical (unpaired) electrons. The highest BCUT2D eigenvalue weighted by Crippen LogP contribution is 2.61. The summed E-state index contributed by atoms with van der Waals surface area (Å²) in [6, 6.07) is 0. The molecule has 6 nitrogen and oxygen atoms in total. The average Bonchev–Trinajstić information content (AvgIpc) is 2.67. The van der Waals surface area contributed by atoms with Crippen LogP contribution in [-0.4, -0.2) is 46.1 Å². The van der Waals surface area contributed by atoms with Crippen molar-refractivity contribution >= 4 is 17.5 Å². The molecule has 2 fully saturated rings. The number of carbonyl (C=O) groups is 3. The number of hydrogen-bond donors (Lipinski definition) is 2. The fraction of sp³-hybridized carbons (Fsp3) is 0.609. The van der Waals surface area contributed by atoms with Gasteiger partial charge in [0, 0.05) is 17.8 Å². The lowest BCUT2D eigenvalue weighted by atomic mass is 9.47. The number of ketones is 2. The van der Waals surface area contributed by atoms with E-state index in [2.05, 4.69) is 13.0 Å². The van der Waals surface area contributed by atoms with Crippen molar-refractivity contribution in [2.75, 3.05) is 6.61 Å². The zero-order valence-corrected chi connectivity index (χ0v) is 17.1. The van der Waals surface area contributed by atoms with E-state index < -0.39 is 35.5 Å². The number of hydrogen-bond acceptors (Lipinski definition) is 6. The fourth-order valence-corrected chi connectivity index (χ4v) is 6.03. The van der Waals surface area contributed by atoms with Gasteiger partial charge in [-0.2, -0.15) is 0 Å². The Bertz CT molecular complexity index is 882. The molecule has 0 aromatic rings. The van der Waals surface area contributed by atoms with E-state index in [0.717, 1.165) is 18.4 Å². The van der Waals surface area contributed by atoms with Crippen molar-refractivity contribution in [2.24, 2.45) is 22.7 Å². The molecule has 0 amide bonds. The topological polar surface area (TPSA) is 101 Å². The monoisotopic (exact) mass is 400 g/mol. The van der Waals surface area contributed by atoms with Crippen molar-refractivity contribution in [1.82, 2.24) is 0 Å². The molecule has 2 saturated carbocycles. The van der Waals surface area contributed by atoms with Crippen LogP contribution in [0.15, 0.2) is 35.5 Å². The SMILES string of the molecule is CC(=O)OC[C@]1(O)C(=O)[C@@]2(C)CC=C3[C@@H](CCC4=CC(=O)C=C[C@@]43C)[C@@H]2C[C@H]1O. The smallest absolute Gasteiger partial charge is 0.302 e. The van der Waals surface area contributed by atoms with E-state index in [1.807, 2.05) is 13.0 Å². The Balaban J connectivity index is 1.71. The van der Waals surface area contributed by atoms with Gasteiger partial charge in [-0.25, -0.2) is 0 Å². The first-order valence-electron chi connectivity index (χ1n) is 10.3. The fourth-order valence-electron chi connectivity index (χ4n) is 6.03. The maximum Gasteiger partial charge on any atom is 0.302 e. The van der Waals surface area contributed by atoms with Gasteiger partial charge in [-0.05, 0) is 56.6 Å². The lowest BCUT2D eigenvalue weighted by Crippen LogP contribution is -2.66. The van der Waals surface area contributed by atoms with Gasteiger partial charge in [-0.1, -0.05) is 30.2 Å². The van der Waals surface area contributed by atoms with Crippen LogP contribution >= 0.6 is 0 Å². The van der Waals surface area contributed by atoms with Gasteiger partial charge >= 0.3 is 5.97 Å². The summed E-state index contributed by atoms with van der Waals surface area (Å²) in [5, 5.41) is 21.7. The Morgan fingerprint density at radius 2 is 2.03 bits per heavy atom. The summed E-state index contributed by atoms with van der Waals surface area (Å²) in [6.07, 6.45) is 8.38. The number of Topliss-reactive ketones (excluding diaryl/α,β-unsaturated/α-hetero) is 1. The Morgan fingerprint density at radius 1 is 1.31 bits per heavy atom. The van der Waals surface area contributed by atoms with Gasteiger partial charge in [-0.15, -0.1) is 0 Å². The van der Waals surface area contributed by atoms with Gasteiger partial charge in [0.15, 0.2) is 17.2 Å². The summed E-state index contributed by atoms with van der Waals surface area (Å²) in [7, 11) is 0. The molecule has 0 aromatic heterocycles. The van der Waals surface area contributed by atoms with E-state index in [4.69, 9.17) is 4.74 Å². The molecule has 0 saturated heterocycles. The van der Waals surface area contributed by atoms with Crippen molar-refractivity contribution in [2.45, 2.75) is 58.2 Å². The maximum absolute atomic E-state index is 13.4. The molecule has 4 aliphatic rings. The second-order valence-electron chi connectivity index (χ2n) is 9.43. The second-order valence-corrected chi connectivity index (χ2v) is 9.43. The highest BCUT2D eigenvalue weighted by Gasteiger charge is 2.63. The quantitative estimate of drug-likeness (QED) is 0.543. The summed E-state index contributed by atoms with van der Waals surface area (Å²) in [5.74, 6) is -1.07. The molecule has 0 unspecified atom stereocenters. The summed E-state index contributed by atoms with van der Waals surface area (Å²) in [6.45, 7) is 4.65. The molecule has 4 rings (SSSR count). The van der Waals surface area contributed by atoms with Crippen molar-refractivity contribution in [3.63, 3.8) is 0 Å². The lowest BCUT2D eigenvalue weighted by Gasteiger charge is -2.57. The molecule has 156 valence electrons. The molecule has 0 aromatic carbocycles. The van der Waals surface area contributed by atoms with Crippen LogP contribution in [0.2, 0.25) is 0 Å². The van der Waals surface area contributed by atoms with Crippen LogP contribution < -0.4 is 0 Å². The first kappa shape index (κ1) is 20.2. The highest BCUT2D eigenvalue weighted by molar-refractivity contribution is 6.01. The highest BCUT2D eigenvalue weighted by atomic mass is 16.5. The van der Waals surface area contributed by atoms with Crippen LogP contribution in [0.25, 0.3) is 0 Å². The van der Waals surface area contributed by atoms with E-state index in [1.54, 1.807) is 12.2 Å². The van der Waals surface area contributed by atoms with Crippen molar-refractivity contribution in [3.8, 4) is 0 Å². The first-order chi connectivity index (χ1) is 13.5. The van der Waals surface area contributed by atoms with Crippen LogP contribution in [0.4, 0.5) is 0 Å². The minimum Gasteiger partial charge on any atom is -0.462 e. The molecule has 29 heavy (non-hydrogen) atoms. The van der Waals surface area contributed by atoms with Crippen molar-refractivity contribution in [3.05, 3.63) is 35.5 Å². The molecule has 0 bridgehead atoms. The minimum atomic E-state index is -2.08. The zero-order chi connectivity index (χ0) is 21.2. The molecule has 0 spiro atoms. The first-order valence-corrected chi connectivity index (χ1v) is 10.3. The van der Waals surface area contributed by atoms with Gasteiger partial charge in [0.2, 0.25) is 0 Å². The largest absolute Gasteiger partial charge is 0.462 e. The van der Waals surface area contributed by atoms with Gasteiger partial charge in [0.05, 0.1) is 6.10 Å². The number of aliphatic hydroxyl groups excluding tert-OH is 1. The van der Waals surface area contributed by atoms with Crippen LogP contribution in [0.1, 0.15) is 46.5 Å². The third kappa shape index (κ3) is 2.80. The maximum atomic E-state index is 13.4. The number of carbonyl (C=O) groups excluding carboxylic acids is 3. The Morgan fingerprint density at radius 3 is 2.72 bits per heavy atom. The number of rotatable bonds is 2. The summed E-state index contributed by atoms with van der Waals surface area (Å²) < 4.78 is 4.92. The lowest BCUT2D eigenvalue weighted by molar-refractivity contribution is -0.195. The van der Waals surface area contributed by atoms with E-state index in [-0.39, 0.29) is 29.5 Å². The molecule has 0 heterocycles. The number of esters is 1. The van der Waals surface area contributed by atoms with Crippen LogP contribution in [0.3, 0.4) is 0 Å². The van der Waals surface area contributed by atoms with E-state index in [9.17, 15) is 24.6 Å². The third-order valence-electron chi connectivity index (χ3n) is 7.77. The number of ether oxygens (including phenoxy) is 1. The van der Waals surface area contributed by atoms with Gasteiger partial charge < -0.3 is 14.9 Å². The van der Waals surface area contributed by atoms with Crippen molar-refractivity contribution < 1.29 is 29.3 Å². The average molecular weight is 400 g/mol. The zero-order valence-electron chi connectivity index (χ0n) is 17.1. The predicted molar refractivity (Wildman–Crippen MR) is 105 cm³/mol. The second kappa shape index (κ2) is 6.47. The Hall–Kier alpha value is -2.05. The molecule has 4 aliphatic carbocycles. The number of aliphatic hydroxyl groups is 2. The van der Waals surface area contributed by atoms with Gasteiger partial charge in [0.1, 0.15) is 6.61 Å². The number of allylic oxidation sites excluding steroid dienone is 6. The minimum absolute atomic E-state index is 0.0102. The van der Waals surface area contributed by atoms with E-state index in [0.29, 0.717) is 6.42 Å². The summed E-state index contributed by atoms with van der Waals surface area (Å²) in [4.78, 5) is 36.5. The molecule has 6 heteroatoms. The van der Waals surface area contributed by atoms with Crippen molar-refractivity contribution in [1.29, 1.82) is 0 Å². The van der Waals surface area contributed by atoms with E-state index in [1.165, 1.54) is 12.5 Å². The third-order valence-corrected chi connectivity index (χ3v) is 7.77. The normalized spacial score (nSPS) is 43.6. The number of fused-ring (bicyclic) bond motifs is 5. The van der Waals surface area contributed by atoms with Crippen LogP contribution in [-0.2, 0) is 19.1 Å². The van der Waals surface area contributed by atoms with Crippen LogP contribution in [0.5, 0.6) is 0 Å². The van der Waals surface area contributed by atoms with Gasteiger partial charge in [0.25, 0.3) is 0 Å². The predicted octanol–water partition coefficient (Wildman–Crippen LogP) is 2.05. The standard InChI is InChI=1S/C23H28O6/c1-13(24)29-12-23(28)19(26)11-18-16-5-4-14-10-15(25)6-8-21(14,2)17(16)7-9-22(18,3)20(23)27/h6-8,10,16,18-19,26,28H,4-5,9,11-12H2,1-3H3/t16-,18+,19-,21+,22+,23-/m1/s1. The Kier molecular flexibility index (Phi) is 4.52. The van der Waals surface area contributed by atoms with Crippen LogP contribution in [0, 0.1) is 22.7 Å². The Labute approximate surface area is 170 Å². The molecule has 6 atom stereocenters. The molecular weight excluding hydrogens is 372 g/mol. The summed E-state index contributed by atoms with van der Waals surface area (Å²) >= 11 is 0. The molecular formula is C23H28O6. The molecule has 0 aliphatic heterocycles. The summed E-state index contributed by atoms with van der Waals surface area (Å²) in [5.41, 5.74) is -0.953. The van der Waals surface area contributed by atoms with E-state index >= 15 is 0 Å². The molecule has 2 N–H and O–H groups in total. The van der Waals surface area contributed by atoms with Gasteiger partial charge in [-0.3, -0.25) is 14.4 Å².